The topological polar surface area (TPSA) is 38.5 Å². The van der Waals surface area contributed by atoms with Crippen LogP contribution in [0.15, 0.2) is 0 Å². The molecule has 0 aromatic heterocycles. The fraction of sp³-hybridized carbons (Fsp3) is 1.00. The van der Waals surface area contributed by atoms with Crippen LogP contribution in [0.3, 0.4) is 0 Å². The first kappa shape index (κ1) is 10.4. The Hall–Kier alpha value is -0.120. The van der Waals surface area contributed by atoms with Crippen LogP contribution in [0.5, 0.6) is 0 Å². The van der Waals surface area contributed by atoms with E-state index in [1.54, 1.807) is 0 Å². The van der Waals surface area contributed by atoms with Crippen LogP contribution in [0.4, 0.5) is 0 Å². The Morgan fingerprint density at radius 3 is 2.79 bits per heavy atom. The molecule has 1 heterocycles. The van der Waals surface area contributed by atoms with E-state index >= 15 is 0 Å². The van der Waals surface area contributed by atoms with Crippen LogP contribution in [-0.2, 0) is 4.74 Å². The van der Waals surface area contributed by atoms with Gasteiger partial charge in [0.2, 0.25) is 0 Å². The second kappa shape index (κ2) is 4.17. The average molecular weight is 198 g/mol. The van der Waals surface area contributed by atoms with Crippen molar-refractivity contribution in [2.75, 3.05) is 39.9 Å². The standard InChI is InChI=1S/C11H22N2O/c1-14-8-10-7-13(6-5-12)9-11(10)3-2-4-11/h10H,2-9,12H2,1H3/t10-/m1/s1. The summed E-state index contributed by atoms with van der Waals surface area (Å²) in [5.41, 5.74) is 6.21. The number of likely N-dealkylation sites (tertiary alicyclic amines) is 1. The summed E-state index contributed by atoms with van der Waals surface area (Å²) in [7, 11) is 1.82. The molecular weight excluding hydrogens is 176 g/mol. The number of methoxy groups -OCH3 is 1. The molecule has 2 fully saturated rings. The van der Waals surface area contributed by atoms with E-state index in [4.69, 9.17) is 10.5 Å². The van der Waals surface area contributed by atoms with Gasteiger partial charge in [-0.05, 0) is 18.3 Å². The molecule has 3 heteroatoms. The monoisotopic (exact) mass is 198 g/mol. The average Bonchev–Trinajstić information content (AvgIpc) is 2.45. The Balaban J connectivity index is 1.94. The Bertz CT molecular complexity index is 192. The van der Waals surface area contributed by atoms with E-state index in [1.807, 2.05) is 7.11 Å². The van der Waals surface area contributed by atoms with Crippen molar-refractivity contribution in [2.24, 2.45) is 17.1 Å². The SMILES string of the molecule is COC[C@H]1CN(CCN)CC12CCC2. The summed E-state index contributed by atoms with van der Waals surface area (Å²) in [5, 5.41) is 0. The lowest BCUT2D eigenvalue weighted by Gasteiger charge is -2.42. The van der Waals surface area contributed by atoms with Crippen molar-refractivity contribution >= 4 is 0 Å². The van der Waals surface area contributed by atoms with Gasteiger partial charge in [-0.15, -0.1) is 0 Å². The first-order chi connectivity index (χ1) is 6.80. The quantitative estimate of drug-likeness (QED) is 0.722. The van der Waals surface area contributed by atoms with Crippen molar-refractivity contribution in [3.8, 4) is 0 Å². The summed E-state index contributed by atoms with van der Waals surface area (Å²) < 4.78 is 5.33. The highest BCUT2D eigenvalue weighted by atomic mass is 16.5. The molecule has 0 aromatic rings. The number of nitrogens with two attached hydrogens (primary N) is 1. The van der Waals surface area contributed by atoms with Crippen LogP contribution in [0.25, 0.3) is 0 Å². The van der Waals surface area contributed by atoms with Gasteiger partial charge in [0, 0.05) is 39.2 Å². The number of hydrogen-bond donors (Lipinski definition) is 1. The van der Waals surface area contributed by atoms with Crippen LogP contribution in [0, 0.1) is 11.3 Å². The Kier molecular flexibility index (Phi) is 3.10. The highest BCUT2D eigenvalue weighted by Gasteiger charge is 2.49. The third kappa shape index (κ3) is 1.69. The van der Waals surface area contributed by atoms with E-state index in [2.05, 4.69) is 4.90 Å². The molecule has 2 aliphatic rings. The van der Waals surface area contributed by atoms with Crippen molar-refractivity contribution in [3.63, 3.8) is 0 Å². The molecule has 0 unspecified atom stereocenters. The van der Waals surface area contributed by atoms with Crippen LogP contribution in [0.2, 0.25) is 0 Å². The van der Waals surface area contributed by atoms with Gasteiger partial charge in [0.25, 0.3) is 0 Å². The van der Waals surface area contributed by atoms with Crippen LogP contribution in [0.1, 0.15) is 19.3 Å². The predicted octanol–water partition coefficient (Wildman–Crippen LogP) is 0.694. The lowest BCUT2D eigenvalue weighted by Crippen LogP contribution is -2.39. The van der Waals surface area contributed by atoms with E-state index < -0.39 is 0 Å². The predicted molar refractivity (Wildman–Crippen MR) is 57.1 cm³/mol. The minimum Gasteiger partial charge on any atom is -0.384 e. The molecular formula is C11H22N2O. The molecule has 2 N–H and O–H groups in total. The highest BCUT2D eigenvalue weighted by Crippen LogP contribution is 2.51. The fourth-order valence-corrected chi connectivity index (χ4v) is 3.13. The van der Waals surface area contributed by atoms with Gasteiger partial charge in [-0.2, -0.15) is 0 Å². The van der Waals surface area contributed by atoms with Crippen molar-refractivity contribution in [2.45, 2.75) is 19.3 Å². The van der Waals surface area contributed by atoms with E-state index in [1.165, 1.54) is 32.4 Å². The molecule has 2 rings (SSSR count). The zero-order valence-electron chi connectivity index (χ0n) is 9.17. The maximum atomic E-state index is 5.60. The molecule has 1 spiro atoms. The van der Waals surface area contributed by atoms with Crippen LogP contribution < -0.4 is 5.73 Å². The van der Waals surface area contributed by atoms with Gasteiger partial charge in [0.15, 0.2) is 0 Å². The van der Waals surface area contributed by atoms with E-state index in [9.17, 15) is 0 Å². The lowest BCUT2D eigenvalue weighted by atomic mass is 9.63. The lowest BCUT2D eigenvalue weighted by molar-refractivity contribution is 0.0368. The third-order valence-corrected chi connectivity index (χ3v) is 4.05. The minimum atomic E-state index is 0.602. The fourth-order valence-electron chi connectivity index (χ4n) is 3.13. The number of nitrogens with zero attached hydrogens (tertiary/aromatic N) is 1. The number of ether oxygens (including phenoxy) is 1. The first-order valence-corrected chi connectivity index (χ1v) is 5.72. The summed E-state index contributed by atoms with van der Waals surface area (Å²) in [6.45, 7) is 5.24. The molecule has 3 nitrogen and oxygen atoms in total. The summed E-state index contributed by atoms with van der Waals surface area (Å²) >= 11 is 0. The van der Waals surface area contributed by atoms with Gasteiger partial charge in [-0.1, -0.05) is 6.42 Å². The van der Waals surface area contributed by atoms with Crippen molar-refractivity contribution in [1.29, 1.82) is 0 Å². The summed E-state index contributed by atoms with van der Waals surface area (Å²) in [4.78, 5) is 2.52. The van der Waals surface area contributed by atoms with Crippen LogP contribution in [-0.4, -0.2) is 44.8 Å². The van der Waals surface area contributed by atoms with Gasteiger partial charge in [0.1, 0.15) is 0 Å². The molecule has 1 aliphatic heterocycles. The molecule has 1 atom stereocenters. The van der Waals surface area contributed by atoms with Crippen LogP contribution >= 0.6 is 0 Å². The molecule has 0 radical (unpaired) electrons. The van der Waals surface area contributed by atoms with Crippen molar-refractivity contribution in [1.82, 2.24) is 4.90 Å². The zero-order valence-corrected chi connectivity index (χ0v) is 9.17. The Labute approximate surface area is 86.6 Å². The smallest absolute Gasteiger partial charge is 0.0508 e. The summed E-state index contributed by atoms with van der Waals surface area (Å²) in [6.07, 6.45) is 4.22. The highest BCUT2D eigenvalue weighted by molar-refractivity contribution is 5.01. The minimum absolute atomic E-state index is 0.602. The molecule has 0 aromatic carbocycles. The van der Waals surface area contributed by atoms with E-state index in [0.717, 1.165) is 25.6 Å². The maximum absolute atomic E-state index is 5.60. The van der Waals surface area contributed by atoms with Gasteiger partial charge < -0.3 is 15.4 Å². The zero-order chi connectivity index (χ0) is 10.0. The molecule has 1 saturated carbocycles. The second-order valence-electron chi connectivity index (χ2n) is 4.89. The summed E-state index contributed by atoms with van der Waals surface area (Å²) in [6, 6.07) is 0. The van der Waals surface area contributed by atoms with E-state index in [-0.39, 0.29) is 0 Å². The Morgan fingerprint density at radius 1 is 1.50 bits per heavy atom. The Morgan fingerprint density at radius 2 is 2.29 bits per heavy atom. The molecule has 0 bridgehead atoms. The maximum Gasteiger partial charge on any atom is 0.0508 e. The normalized spacial score (nSPS) is 30.9. The number of rotatable bonds is 4. The van der Waals surface area contributed by atoms with E-state index in [0.29, 0.717) is 5.41 Å². The number of hydrogen-bond acceptors (Lipinski definition) is 3. The molecule has 14 heavy (non-hydrogen) atoms. The summed E-state index contributed by atoms with van der Waals surface area (Å²) in [5.74, 6) is 0.757. The molecule has 82 valence electrons. The molecule has 1 aliphatic carbocycles. The largest absolute Gasteiger partial charge is 0.384 e. The first-order valence-electron chi connectivity index (χ1n) is 5.72. The van der Waals surface area contributed by atoms with Gasteiger partial charge in [0.05, 0.1) is 6.61 Å². The third-order valence-electron chi connectivity index (χ3n) is 4.05. The van der Waals surface area contributed by atoms with Crippen molar-refractivity contribution in [3.05, 3.63) is 0 Å². The molecule has 1 saturated heterocycles. The van der Waals surface area contributed by atoms with Gasteiger partial charge in [-0.25, -0.2) is 0 Å². The second-order valence-corrected chi connectivity index (χ2v) is 4.89. The van der Waals surface area contributed by atoms with Gasteiger partial charge >= 0.3 is 0 Å². The molecule has 0 amide bonds. The van der Waals surface area contributed by atoms with Crippen molar-refractivity contribution < 1.29 is 4.74 Å². The van der Waals surface area contributed by atoms with Gasteiger partial charge in [-0.3, -0.25) is 0 Å².